The number of likely N-dealkylation sites (tertiary alicyclic amines) is 1. The Hall–Kier alpha value is -2.37. The molecule has 1 N–H and O–H groups in total. The van der Waals surface area contributed by atoms with E-state index in [0.717, 1.165) is 16.8 Å². The molecule has 0 atom stereocenters. The van der Waals surface area contributed by atoms with E-state index in [0.29, 0.717) is 24.0 Å². The van der Waals surface area contributed by atoms with Gasteiger partial charge in [0.05, 0.1) is 12.3 Å². The van der Waals surface area contributed by atoms with Crippen LogP contribution in [-0.4, -0.2) is 41.2 Å². The number of aromatic amines is 1. The Balaban J connectivity index is 1.75. The van der Waals surface area contributed by atoms with Gasteiger partial charge < -0.3 is 19.2 Å². The number of aromatic nitrogens is 2. The number of piperidine rings is 1. The monoisotopic (exact) mass is 435 g/mol. The number of nitrogens with zero attached hydrogens (tertiary/aromatic N) is 2. The Bertz CT molecular complexity index is 1130. The van der Waals surface area contributed by atoms with Crippen LogP contribution in [0.2, 0.25) is 0 Å². The zero-order chi connectivity index (χ0) is 22.8. The van der Waals surface area contributed by atoms with Gasteiger partial charge in [0.15, 0.2) is 0 Å². The Morgan fingerprint density at radius 3 is 2.59 bits per heavy atom. The van der Waals surface area contributed by atoms with Crippen molar-refractivity contribution in [3.63, 3.8) is 0 Å². The fraction of sp³-hybridized carbons (Fsp3) is 0.519. The van der Waals surface area contributed by atoms with Crippen molar-refractivity contribution in [1.82, 2.24) is 14.5 Å². The van der Waals surface area contributed by atoms with Crippen LogP contribution in [0.25, 0.3) is 22.2 Å². The smallest absolute Gasteiger partial charge is 0.255 e. The van der Waals surface area contributed by atoms with Crippen molar-refractivity contribution < 1.29 is 4.74 Å². The molecule has 5 heteroatoms. The number of nitrogens with one attached hydrogen (secondary N) is 1. The minimum absolute atomic E-state index is 0.00508. The molecule has 0 amide bonds. The van der Waals surface area contributed by atoms with Gasteiger partial charge in [0.25, 0.3) is 5.56 Å². The van der Waals surface area contributed by atoms with Crippen LogP contribution in [0.4, 0.5) is 0 Å². The van der Waals surface area contributed by atoms with E-state index in [9.17, 15) is 4.79 Å². The maximum Gasteiger partial charge on any atom is 0.255 e. The Morgan fingerprint density at radius 1 is 1.19 bits per heavy atom. The largest absolute Gasteiger partial charge is 0.380 e. The van der Waals surface area contributed by atoms with E-state index in [4.69, 9.17) is 4.74 Å². The minimum Gasteiger partial charge on any atom is -0.380 e. The summed E-state index contributed by atoms with van der Waals surface area (Å²) in [6, 6.07) is 8.95. The summed E-state index contributed by atoms with van der Waals surface area (Å²) in [5.74, 6) is 1.00. The number of ether oxygens (including phenoxy) is 1. The third-order valence-corrected chi connectivity index (χ3v) is 6.88. The number of hydrogen-bond donors (Lipinski definition) is 1. The molecule has 172 valence electrons. The van der Waals surface area contributed by atoms with E-state index in [-0.39, 0.29) is 5.56 Å². The molecular weight excluding hydrogens is 398 g/mol. The van der Waals surface area contributed by atoms with E-state index < -0.39 is 0 Å². The van der Waals surface area contributed by atoms with E-state index in [1.807, 2.05) is 19.3 Å². The Labute approximate surface area is 191 Å². The third-order valence-electron chi connectivity index (χ3n) is 6.88. The Morgan fingerprint density at radius 2 is 1.94 bits per heavy atom. The summed E-state index contributed by atoms with van der Waals surface area (Å²) < 4.78 is 6.93. The lowest BCUT2D eigenvalue weighted by Gasteiger charge is -2.32. The zero-order valence-electron chi connectivity index (χ0n) is 20.2. The van der Waals surface area contributed by atoms with Gasteiger partial charge in [0.2, 0.25) is 0 Å². The van der Waals surface area contributed by atoms with E-state index in [1.54, 1.807) is 11.7 Å². The van der Waals surface area contributed by atoms with Gasteiger partial charge in [-0.1, -0.05) is 26.8 Å². The summed E-state index contributed by atoms with van der Waals surface area (Å²) in [6.07, 6.45) is 5.64. The van der Waals surface area contributed by atoms with Gasteiger partial charge in [-0.15, -0.1) is 0 Å². The summed E-state index contributed by atoms with van der Waals surface area (Å²) in [5, 5.41) is 1.31. The first kappa shape index (κ1) is 22.8. The molecule has 5 nitrogen and oxygen atoms in total. The molecule has 1 saturated heterocycles. The number of H-pyrrole nitrogens is 1. The first-order chi connectivity index (χ1) is 15.4. The number of methoxy groups -OCH3 is 1. The number of hydrogen-bond acceptors (Lipinski definition) is 3. The van der Waals surface area contributed by atoms with Crippen LogP contribution in [0.3, 0.4) is 0 Å². The van der Waals surface area contributed by atoms with E-state index in [1.165, 1.54) is 55.4 Å². The number of benzene rings is 1. The predicted octanol–water partition coefficient (Wildman–Crippen LogP) is 5.39. The second-order valence-corrected chi connectivity index (χ2v) is 9.59. The van der Waals surface area contributed by atoms with Crippen LogP contribution < -0.4 is 5.56 Å². The third kappa shape index (κ3) is 4.41. The lowest BCUT2D eigenvalue weighted by molar-refractivity contribution is 0.183. The second-order valence-electron chi connectivity index (χ2n) is 9.59. The molecule has 3 aromatic rings. The van der Waals surface area contributed by atoms with Crippen LogP contribution in [0, 0.1) is 0 Å². The average Bonchev–Trinajstić information content (AvgIpc) is 3.17. The van der Waals surface area contributed by atoms with Crippen LogP contribution in [-0.2, 0) is 18.4 Å². The first-order valence-electron chi connectivity index (χ1n) is 12.0. The van der Waals surface area contributed by atoms with Crippen molar-refractivity contribution in [2.75, 3.05) is 26.7 Å². The fourth-order valence-corrected chi connectivity index (χ4v) is 5.29. The topological polar surface area (TPSA) is 50.3 Å². The van der Waals surface area contributed by atoms with Gasteiger partial charge in [-0.25, -0.2) is 0 Å². The highest BCUT2D eigenvalue weighted by atomic mass is 16.5. The molecule has 1 aromatic carbocycles. The number of rotatable bonds is 7. The first-order valence-corrected chi connectivity index (χ1v) is 12.0. The summed E-state index contributed by atoms with van der Waals surface area (Å²) in [7, 11) is 3.44. The summed E-state index contributed by atoms with van der Waals surface area (Å²) in [5.41, 5.74) is 6.77. The molecule has 1 fully saturated rings. The highest BCUT2D eigenvalue weighted by Gasteiger charge is 2.23. The van der Waals surface area contributed by atoms with E-state index >= 15 is 0 Å². The van der Waals surface area contributed by atoms with Crippen molar-refractivity contribution >= 4 is 10.9 Å². The van der Waals surface area contributed by atoms with E-state index in [2.05, 4.69) is 48.9 Å². The number of fused-ring (bicyclic) bond motifs is 1. The molecule has 32 heavy (non-hydrogen) atoms. The van der Waals surface area contributed by atoms with Crippen molar-refractivity contribution in [2.24, 2.45) is 7.05 Å². The highest BCUT2D eigenvalue weighted by molar-refractivity contribution is 5.92. The minimum atomic E-state index is -0.00508. The van der Waals surface area contributed by atoms with Crippen LogP contribution in [0.15, 0.2) is 35.3 Å². The van der Waals surface area contributed by atoms with Crippen LogP contribution in [0.5, 0.6) is 0 Å². The lowest BCUT2D eigenvalue weighted by Crippen LogP contribution is -2.33. The summed E-state index contributed by atoms with van der Waals surface area (Å²) in [4.78, 5) is 18.8. The number of aryl methyl sites for hydroxylation is 1. The standard InChI is InChI=1S/C27H37N3O2/c1-6-11-30-12-9-19(10-13-30)20-7-8-24-23(15-20)25(18(2)3)26(28-24)21-14-22(17-32-5)27(31)29(4)16-21/h7-8,14-16,18-19,28H,6,9-13,17H2,1-5H3. The molecule has 2 aromatic heterocycles. The molecule has 1 aliphatic rings. The summed E-state index contributed by atoms with van der Waals surface area (Å²) >= 11 is 0. The van der Waals surface area contributed by atoms with Gasteiger partial charge in [0.1, 0.15) is 0 Å². The molecule has 0 bridgehead atoms. The zero-order valence-corrected chi connectivity index (χ0v) is 20.2. The SMILES string of the molecule is CCCN1CCC(c2ccc3[nH]c(-c4cc(COC)c(=O)n(C)c4)c(C(C)C)c3c2)CC1. The Kier molecular flexibility index (Phi) is 6.87. The van der Waals surface area contributed by atoms with Crippen molar-refractivity contribution in [3.8, 4) is 11.3 Å². The van der Waals surface area contributed by atoms with Crippen molar-refractivity contribution in [3.05, 3.63) is 57.5 Å². The molecule has 0 spiro atoms. The normalized spacial score (nSPS) is 15.8. The molecule has 0 unspecified atom stereocenters. The van der Waals surface area contributed by atoms with Gasteiger partial charge in [0, 0.05) is 42.4 Å². The van der Waals surface area contributed by atoms with Gasteiger partial charge in [-0.2, -0.15) is 0 Å². The fourth-order valence-electron chi connectivity index (χ4n) is 5.29. The average molecular weight is 436 g/mol. The van der Waals surface area contributed by atoms with Crippen molar-refractivity contribution in [1.29, 1.82) is 0 Å². The molecule has 3 heterocycles. The maximum atomic E-state index is 12.5. The van der Waals surface area contributed by atoms with Crippen LogP contribution in [0.1, 0.15) is 68.6 Å². The molecule has 4 rings (SSSR count). The van der Waals surface area contributed by atoms with Gasteiger partial charge in [-0.05, 0) is 80.1 Å². The predicted molar refractivity (Wildman–Crippen MR) is 132 cm³/mol. The quantitative estimate of drug-likeness (QED) is 0.541. The second kappa shape index (κ2) is 9.63. The maximum absolute atomic E-state index is 12.5. The van der Waals surface area contributed by atoms with Gasteiger partial charge >= 0.3 is 0 Å². The number of pyridine rings is 1. The molecule has 1 aliphatic heterocycles. The molecule has 0 radical (unpaired) electrons. The highest BCUT2D eigenvalue weighted by Crippen LogP contribution is 2.38. The van der Waals surface area contributed by atoms with Crippen LogP contribution >= 0.6 is 0 Å². The summed E-state index contributed by atoms with van der Waals surface area (Å²) in [6.45, 7) is 10.7. The molecular formula is C27H37N3O2. The lowest BCUT2D eigenvalue weighted by atomic mass is 9.87. The van der Waals surface area contributed by atoms with Crippen molar-refractivity contribution in [2.45, 2.75) is 58.5 Å². The van der Waals surface area contributed by atoms with Gasteiger partial charge in [-0.3, -0.25) is 4.79 Å². The molecule has 0 aliphatic carbocycles. The molecule has 0 saturated carbocycles.